The second kappa shape index (κ2) is 3.41. The van der Waals surface area contributed by atoms with Gasteiger partial charge in [-0.15, -0.1) is 22.6 Å². The maximum atomic E-state index is 12.2. The second-order valence-corrected chi connectivity index (χ2v) is 2.33. The van der Waals surface area contributed by atoms with Crippen LogP contribution in [-0.4, -0.2) is 19.6 Å². The van der Waals surface area contributed by atoms with Crippen molar-refractivity contribution < 1.29 is 13.2 Å². The molecule has 2 aromatic heterocycles. The number of rotatable bonds is 0. The van der Waals surface area contributed by atoms with Crippen LogP contribution in [0.3, 0.4) is 0 Å². The predicted molar refractivity (Wildman–Crippen MR) is 43.0 cm³/mol. The molecule has 0 saturated carbocycles. The van der Waals surface area contributed by atoms with Gasteiger partial charge < -0.3 is 0 Å². The van der Waals surface area contributed by atoms with Gasteiger partial charge in [0.15, 0.2) is 5.65 Å². The van der Waals surface area contributed by atoms with E-state index in [4.69, 9.17) is 0 Å². The number of nitrogens with zero attached hydrogens (tertiary/aromatic N) is 4. The molecule has 0 amide bonds. The Hall–Kier alpha value is -1.37. The molecule has 76 valence electrons. The van der Waals surface area contributed by atoms with Crippen molar-refractivity contribution in [3.63, 3.8) is 0 Å². The predicted octanol–water partition coefficient (Wildman–Crippen LogP) is 1.56. The third-order valence-electron chi connectivity index (χ3n) is 1.47. The Kier molecular flexibility index (Phi) is 2.61. The van der Waals surface area contributed by atoms with Gasteiger partial charge in [0.05, 0.1) is 6.20 Å². The highest BCUT2D eigenvalue weighted by Crippen LogP contribution is 2.27. The summed E-state index contributed by atoms with van der Waals surface area (Å²) in [5.41, 5.74) is 0.0785. The zero-order valence-corrected chi connectivity index (χ0v) is 7.38. The number of hydrogen-bond acceptors (Lipinski definition) is 3. The summed E-state index contributed by atoms with van der Waals surface area (Å²) in [5.74, 6) is -1.04. The third-order valence-corrected chi connectivity index (χ3v) is 1.47. The van der Waals surface area contributed by atoms with Gasteiger partial charge >= 0.3 is 6.18 Å². The summed E-state index contributed by atoms with van der Waals surface area (Å²) in [7, 11) is 0. The van der Waals surface area contributed by atoms with Crippen molar-refractivity contribution in [2.45, 2.75) is 6.18 Å². The summed E-state index contributed by atoms with van der Waals surface area (Å²) in [4.78, 5) is 3.62. The quantitative estimate of drug-likeness (QED) is 0.682. The van der Waals surface area contributed by atoms with E-state index in [1.165, 1.54) is 12.4 Å². The Morgan fingerprint density at radius 3 is 2.57 bits per heavy atom. The van der Waals surface area contributed by atoms with E-state index in [0.29, 0.717) is 0 Å². The molecule has 2 rings (SSSR count). The molecule has 14 heavy (non-hydrogen) atoms. The number of halogens is 4. The molecule has 0 aliphatic heterocycles. The van der Waals surface area contributed by atoms with Crippen LogP contribution in [-0.2, 0) is 6.18 Å². The fourth-order valence-corrected chi connectivity index (χ4v) is 0.947. The molecule has 0 aliphatic carbocycles. The minimum atomic E-state index is -4.49. The summed E-state index contributed by atoms with van der Waals surface area (Å²) in [6.45, 7) is 0. The van der Waals surface area contributed by atoms with E-state index in [-0.39, 0.29) is 18.1 Å². The molecule has 8 heteroatoms. The van der Waals surface area contributed by atoms with Gasteiger partial charge in [-0.2, -0.15) is 13.2 Å². The minimum absolute atomic E-state index is 0. The summed E-state index contributed by atoms with van der Waals surface area (Å²) in [5, 5.41) is 6.33. The highest BCUT2D eigenvalue weighted by atomic mass is 35.5. The Labute approximate surface area is 82.2 Å². The van der Waals surface area contributed by atoms with Gasteiger partial charge in [0.25, 0.3) is 0 Å². The topological polar surface area (TPSA) is 43.1 Å². The average molecular weight is 225 g/mol. The van der Waals surface area contributed by atoms with Gasteiger partial charge in [-0.25, -0.2) is 0 Å². The molecule has 4 nitrogen and oxygen atoms in total. The van der Waals surface area contributed by atoms with Gasteiger partial charge in [0.1, 0.15) is 0 Å². The molecule has 0 fully saturated rings. The zero-order valence-electron chi connectivity index (χ0n) is 6.56. The molecule has 0 aromatic carbocycles. The van der Waals surface area contributed by atoms with Gasteiger partial charge in [0, 0.05) is 12.4 Å². The van der Waals surface area contributed by atoms with Crippen molar-refractivity contribution >= 4 is 18.1 Å². The van der Waals surface area contributed by atoms with E-state index < -0.39 is 12.0 Å². The zero-order chi connectivity index (χ0) is 9.47. The largest absolute Gasteiger partial charge is 0.452 e. The molecule has 0 N–H and O–H groups in total. The van der Waals surface area contributed by atoms with Crippen LogP contribution in [0.2, 0.25) is 0 Å². The highest BCUT2D eigenvalue weighted by Gasteiger charge is 2.36. The first-order valence-corrected chi connectivity index (χ1v) is 3.31. The average Bonchev–Trinajstić information content (AvgIpc) is 2.45. The summed E-state index contributed by atoms with van der Waals surface area (Å²) >= 11 is 0. The van der Waals surface area contributed by atoms with Crippen molar-refractivity contribution in [2.75, 3.05) is 0 Å². The van der Waals surface area contributed by atoms with Crippen LogP contribution in [0.25, 0.3) is 5.65 Å². The number of alkyl halides is 3. The third kappa shape index (κ3) is 1.63. The molecule has 0 spiro atoms. The van der Waals surface area contributed by atoms with Gasteiger partial charge in [-0.3, -0.25) is 9.38 Å². The summed E-state index contributed by atoms with van der Waals surface area (Å²) in [6.07, 6.45) is -0.868. The van der Waals surface area contributed by atoms with E-state index in [0.717, 1.165) is 10.6 Å². The smallest absolute Gasteiger partial charge is 0.276 e. The molecule has 0 atom stereocenters. The van der Waals surface area contributed by atoms with Crippen molar-refractivity contribution in [3.05, 3.63) is 24.4 Å². The van der Waals surface area contributed by atoms with Crippen molar-refractivity contribution in [3.8, 4) is 0 Å². The Morgan fingerprint density at radius 1 is 1.21 bits per heavy atom. The van der Waals surface area contributed by atoms with Crippen LogP contribution in [0.1, 0.15) is 5.82 Å². The monoisotopic (exact) mass is 224 g/mol. The fraction of sp³-hybridized carbons (Fsp3) is 0.167. The molecule has 0 unspecified atom stereocenters. The standard InChI is InChI=1S/C6H3F3N4.ClH/c7-6(8,9)5-12-11-4-3-10-1-2-13(4)5;/h1-3H;1H. The molecule has 0 aliphatic rings. The molecular formula is C6H4ClF3N4. The first kappa shape index (κ1) is 10.7. The van der Waals surface area contributed by atoms with Crippen molar-refractivity contribution in [1.29, 1.82) is 0 Å². The maximum Gasteiger partial charge on any atom is 0.452 e. The Balaban J connectivity index is 0.000000980. The summed E-state index contributed by atoms with van der Waals surface area (Å²) in [6, 6.07) is 0. The van der Waals surface area contributed by atoms with Crippen molar-refractivity contribution in [1.82, 2.24) is 19.6 Å². The highest BCUT2D eigenvalue weighted by molar-refractivity contribution is 5.85. The number of aromatic nitrogens is 4. The Bertz CT molecular complexity index is 438. The molecular weight excluding hydrogens is 221 g/mol. The van der Waals surface area contributed by atoms with E-state index >= 15 is 0 Å². The van der Waals surface area contributed by atoms with Crippen LogP contribution in [0, 0.1) is 0 Å². The number of hydrogen-bond donors (Lipinski definition) is 0. The van der Waals surface area contributed by atoms with E-state index in [1.54, 1.807) is 0 Å². The Morgan fingerprint density at radius 2 is 1.93 bits per heavy atom. The van der Waals surface area contributed by atoms with Crippen molar-refractivity contribution in [2.24, 2.45) is 0 Å². The fourth-order valence-electron chi connectivity index (χ4n) is 0.947. The van der Waals surface area contributed by atoms with Gasteiger partial charge in [-0.05, 0) is 0 Å². The second-order valence-electron chi connectivity index (χ2n) is 2.33. The first-order valence-electron chi connectivity index (χ1n) is 3.31. The molecule has 0 bridgehead atoms. The van der Waals surface area contributed by atoms with Crippen LogP contribution < -0.4 is 0 Å². The van der Waals surface area contributed by atoms with Crippen LogP contribution in [0.5, 0.6) is 0 Å². The molecule has 2 aromatic rings. The first-order chi connectivity index (χ1) is 6.09. The van der Waals surface area contributed by atoms with Gasteiger partial charge in [-0.1, -0.05) is 0 Å². The molecule has 2 heterocycles. The SMILES string of the molecule is Cl.FC(F)(F)c1nnc2cnccn12. The maximum absolute atomic E-state index is 12.2. The lowest BCUT2D eigenvalue weighted by atomic mass is 10.5. The molecule has 0 radical (unpaired) electrons. The van der Waals surface area contributed by atoms with E-state index in [1.807, 2.05) is 0 Å². The van der Waals surface area contributed by atoms with E-state index in [9.17, 15) is 13.2 Å². The molecule has 0 saturated heterocycles. The lowest BCUT2D eigenvalue weighted by molar-refractivity contribution is -0.145. The lowest BCUT2D eigenvalue weighted by Crippen LogP contribution is -2.10. The van der Waals surface area contributed by atoms with Crippen LogP contribution in [0.4, 0.5) is 13.2 Å². The lowest BCUT2D eigenvalue weighted by Gasteiger charge is -2.02. The van der Waals surface area contributed by atoms with E-state index in [2.05, 4.69) is 15.2 Å². The minimum Gasteiger partial charge on any atom is -0.276 e. The summed E-state index contributed by atoms with van der Waals surface area (Å²) < 4.78 is 37.5. The van der Waals surface area contributed by atoms with Crippen LogP contribution in [0.15, 0.2) is 18.6 Å². The normalized spacial score (nSPS) is 11.4. The van der Waals surface area contributed by atoms with Crippen LogP contribution >= 0.6 is 12.4 Å². The number of fused-ring (bicyclic) bond motifs is 1. The van der Waals surface area contributed by atoms with Gasteiger partial charge in [0.2, 0.25) is 5.82 Å².